The molecule has 1 aliphatic rings. The number of hydrogen-bond donors (Lipinski definition) is 3. The first kappa shape index (κ1) is 14.1. The van der Waals surface area contributed by atoms with Gasteiger partial charge in [-0.15, -0.1) is 0 Å². The second-order valence-corrected chi connectivity index (χ2v) is 5.71. The zero-order chi connectivity index (χ0) is 13.8. The van der Waals surface area contributed by atoms with Gasteiger partial charge in [-0.2, -0.15) is 0 Å². The van der Waals surface area contributed by atoms with Crippen LogP contribution in [-0.4, -0.2) is 16.0 Å². The van der Waals surface area contributed by atoms with Crippen LogP contribution in [0.15, 0.2) is 6.33 Å². The predicted molar refractivity (Wildman–Crippen MR) is 79.0 cm³/mol. The van der Waals surface area contributed by atoms with Gasteiger partial charge < -0.3 is 10.7 Å². The van der Waals surface area contributed by atoms with Crippen LogP contribution in [0.2, 0.25) is 0 Å². The summed E-state index contributed by atoms with van der Waals surface area (Å²) >= 11 is 0. The molecule has 1 atom stereocenters. The van der Waals surface area contributed by atoms with Gasteiger partial charge in [0.2, 0.25) is 0 Å². The molecule has 0 bridgehead atoms. The molecule has 19 heavy (non-hydrogen) atoms. The molecule has 0 radical (unpaired) electrons. The molecular weight excluding hydrogens is 238 g/mol. The molecule has 0 aromatic carbocycles. The summed E-state index contributed by atoms with van der Waals surface area (Å²) in [4.78, 5) is 8.60. The highest BCUT2D eigenvalue weighted by atomic mass is 15.3. The van der Waals surface area contributed by atoms with E-state index in [1.165, 1.54) is 19.3 Å². The van der Waals surface area contributed by atoms with Crippen molar-refractivity contribution in [2.75, 3.05) is 10.7 Å². The number of rotatable bonds is 7. The molecule has 5 nitrogen and oxygen atoms in total. The molecule has 0 amide bonds. The fourth-order valence-corrected chi connectivity index (χ4v) is 2.45. The average Bonchev–Trinajstić information content (AvgIpc) is 3.21. The molecule has 1 saturated carbocycles. The van der Waals surface area contributed by atoms with Crippen LogP contribution in [0, 0.1) is 5.92 Å². The highest BCUT2D eigenvalue weighted by molar-refractivity contribution is 5.58. The van der Waals surface area contributed by atoms with Gasteiger partial charge in [-0.05, 0) is 24.7 Å². The van der Waals surface area contributed by atoms with Crippen molar-refractivity contribution in [3.63, 3.8) is 0 Å². The largest absolute Gasteiger partial charge is 0.367 e. The van der Waals surface area contributed by atoms with E-state index in [9.17, 15) is 0 Å². The van der Waals surface area contributed by atoms with Crippen LogP contribution in [0.1, 0.15) is 57.9 Å². The lowest BCUT2D eigenvalue weighted by Gasteiger charge is -2.22. The number of aromatic nitrogens is 2. The lowest BCUT2D eigenvalue weighted by atomic mass is 10.0. The maximum atomic E-state index is 5.54. The summed E-state index contributed by atoms with van der Waals surface area (Å²) in [5.74, 6) is 8.42. The Morgan fingerprint density at radius 3 is 2.53 bits per heavy atom. The van der Waals surface area contributed by atoms with E-state index >= 15 is 0 Å². The molecule has 1 aromatic heterocycles. The normalized spacial score (nSPS) is 16.5. The van der Waals surface area contributed by atoms with E-state index in [4.69, 9.17) is 5.84 Å². The summed E-state index contributed by atoms with van der Waals surface area (Å²) < 4.78 is 0. The highest BCUT2D eigenvalue weighted by Gasteiger charge is 2.25. The molecule has 0 aliphatic heterocycles. The van der Waals surface area contributed by atoms with Crippen LogP contribution >= 0.6 is 0 Å². The van der Waals surface area contributed by atoms with Crippen molar-refractivity contribution in [1.29, 1.82) is 0 Å². The van der Waals surface area contributed by atoms with Gasteiger partial charge in [0, 0.05) is 11.6 Å². The molecule has 1 unspecified atom stereocenters. The zero-order valence-electron chi connectivity index (χ0n) is 12.1. The minimum absolute atomic E-state index is 0.327. The smallest absolute Gasteiger partial charge is 0.148 e. The standard InChI is InChI=1S/C14H25N5/c1-4-11(7-10-5-6-10)18-13-12(9(2)3)14(19-15)17-8-16-13/h8-11H,4-7,15H2,1-3H3,(H2,16,17,18,19). The Hall–Kier alpha value is -1.36. The molecular formula is C14H25N5. The molecule has 2 rings (SSSR count). The van der Waals surface area contributed by atoms with E-state index in [2.05, 4.69) is 41.5 Å². The molecule has 4 N–H and O–H groups in total. The fraction of sp³-hybridized carbons (Fsp3) is 0.714. The van der Waals surface area contributed by atoms with Crippen molar-refractivity contribution in [2.45, 2.75) is 58.4 Å². The zero-order valence-corrected chi connectivity index (χ0v) is 12.1. The van der Waals surface area contributed by atoms with Crippen LogP contribution in [0.25, 0.3) is 0 Å². The third-order valence-electron chi connectivity index (χ3n) is 3.75. The van der Waals surface area contributed by atoms with E-state index < -0.39 is 0 Å². The van der Waals surface area contributed by atoms with Crippen molar-refractivity contribution >= 4 is 11.6 Å². The van der Waals surface area contributed by atoms with Gasteiger partial charge in [0.15, 0.2) is 0 Å². The Kier molecular flexibility index (Phi) is 4.58. The van der Waals surface area contributed by atoms with Crippen LogP contribution in [0.4, 0.5) is 11.6 Å². The molecule has 5 heteroatoms. The van der Waals surface area contributed by atoms with Crippen LogP contribution in [0.5, 0.6) is 0 Å². The third kappa shape index (κ3) is 3.56. The van der Waals surface area contributed by atoms with Gasteiger partial charge in [-0.25, -0.2) is 15.8 Å². The number of nitrogens with one attached hydrogen (secondary N) is 2. The van der Waals surface area contributed by atoms with Gasteiger partial charge in [0.25, 0.3) is 0 Å². The Labute approximate surface area is 115 Å². The molecule has 1 aliphatic carbocycles. The van der Waals surface area contributed by atoms with Gasteiger partial charge in [0.1, 0.15) is 18.0 Å². The van der Waals surface area contributed by atoms with Crippen molar-refractivity contribution in [1.82, 2.24) is 9.97 Å². The lowest BCUT2D eigenvalue weighted by Crippen LogP contribution is -2.22. The monoisotopic (exact) mass is 263 g/mol. The van der Waals surface area contributed by atoms with Crippen molar-refractivity contribution in [3.8, 4) is 0 Å². The van der Waals surface area contributed by atoms with Gasteiger partial charge >= 0.3 is 0 Å². The molecule has 1 fully saturated rings. The van der Waals surface area contributed by atoms with Gasteiger partial charge in [0.05, 0.1) is 0 Å². The number of hydrazine groups is 1. The second kappa shape index (κ2) is 6.19. The second-order valence-electron chi connectivity index (χ2n) is 5.71. The number of nitrogens with zero attached hydrogens (tertiary/aromatic N) is 2. The third-order valence-corrected chi connectivity index (χ3v) is 3.75. The number of anilines is 2. The average molecular weight is 263 g/mol. The quantitative estimate of drug-likeness (QED) is 0.521. The summed E-state index contributed by atoms with van der Waals surface area (Å²) in [6.07, 6.45) is 6.68. The summed E-state index contributed by atoms with van der Waals surface area (Å²) in [6, 6.07) is 0.491. The molecule has 1 heterocycles. The molecule has 1 aromatic rings. The summed E-state index contributed by atoms with van der Waals surface area (Å²) in [5, 5.41) is 3.58. The van der Waals surface area contributed by atoms with E-state index in [-0.39, 0.29) is 0 Å². The van der Waals surface area contributed by atoms with E-state index in [1.807, 2.05) is 0 Å². The minimum atomic E-state index is 0.327. The predicted octanol–water partition coefficient (Wildman–Crippen LogP) is 2.88. The lowest BCUT2D eigenvalue weighted by molar-refractivity contribution is 0.583. The summed E-state index contributed by atoms with van der Waals surface area (Å²) in [7, 11) is 0. The summed E-state index contributed by atoms with van der Waals surface area (Å²) in [6.45, 7) is 6.48. The van der Waals surface area contributed by atoms with Crippen molar-refractivity contribution in [3.05, 3.63) is 11.9 Å². The number of hydrogen-bond acceptors (Lipinski definition) is 5. The van der Waals surface area contributed by atoms with Crippen LogP contribution in [-0.2, 0) is 0 Å². The Balaban J connectivity index is 2.17. The van der Waals surface area contributed by atoms with Crippen molar-refractivity contribution < 1.29 is 0 Å². The first-order valence-corrected chi connectivity index (χ1v) is 7.23. The maximum absolute atomic E-state index is 5.54. The molecule has 106 valence electrons. The minimum Gasteiger partial charge on any atom is -0.367 e. The SMILES string of the molecule is CCC(CC1CC1)Nc1ncnc(NN)c1C(C)C. The molecule has 0 spiro atoms. The number of nitrogen functional groups attached to an aromatic ring is 1. The summed E-state index contributed by atoms with van der Waals surface area (Å²) in [5.41, 5.74) is 3.74. The van der Waals surface area contributed by atoms with Gasteiger partial charge in [-0.1, -0.05) is 33.6 Å². The Morgan fingerprint density at radius 2 is 2.00 bits per heavy atom. The first-order chi connectivity index (χ1) is 9.15. The first-order valence-electron chi connectivity index (χ1n) is 7.23. The maximum Gasteiger partial charge on any atom is 0.148 e. The number of nitrogens with two attached hydrogens (primary N) is 1. The fourth-order valence-electron chi connectivity index (χ4n) is 2.45. The van der Waals surface area contributed by atoms with Gasteiger partial charge in [-0.3, -0.25) is 0 Å². The topological polar surface area (TPSA) is 75.9 Å². The van der Waals surface area contributed by atoms with Crippen LogP contribution < -0.4 is 16.6 Å². The Bertz CT molecular complexity index is 414. The highest BCUT2D eigenvalue weighted by Crippen LogP contribution is 2.35. The van der Waals surface area contributed by atoms with E-state index in [0.29, 0.717) is 17.8 Å². The molecule has 0 saturated heterocycles. The Morgan fingerprint density at radius 1 is 1.32 bits per heavy atom. The van der Waals surface area contributed by atoms with Crippen LogP contribution in [0.3, 0.4) is 0 Å². The van der Waals surface area contributed by atoms with E-state index in [1.54, 1.807) is 6.33 Å². The van der Waals surface area contributed by atoms with Crippen molar-refractivity contribution in [2.24, 2.45) is 11.8 Å². The van der Waals surface area contributed by atoms with E-state index in [0.717, 1.165) is 23.7 Å².